The Morgan fingerprint density at radius 3 is 2.75 bits per heavy atom. The van der Waals surface area contributed by atoms with Crippen molar-refractivity contribution in [2.45, 2.75) is 32.5 Å². The molecule has 0 bridgehead atoms. The molecule has 2 nitrogen and oxygen atoms in total. The van der Waals surface area contributed by atoms with Crippen LogP contribution < -0.4 is 0 Å². The van der Waals surface area contributed by atoms with Gasteiger partial charge in [-0.05, 0) is 42.5 Å². The van der Waals surface area contributed by atoms with Crippen LogP contribution in [0, 0.1) is 13.8 Å². The lowest BCUT2D eigenvalue weighted by atomic mass is 9.89. The first-order chi connectivity index (χ1) is 9.66. The highest BCUT2D eigenvalue weighted by molar-refractivity contribution is 5.37. The van der Waals surface area contributed by atoms with Crippen molar-refractivity contribution in [1.29, 1.82) is 0 Å². The Balaban J connectivity index is 1.97. The lowest BCUT2D eigenvalue weighted by molar-refractivity contribution is -0.0485. The third-order valence-electron chi connectivity index (χ3n) is 4.06. The lowest BCUT2D eigenvalue weighted by Gasteiger charge is -2.30. The number of hydrogen-bond acceptors (Lipinski definition) is 2. The van der Waals surface area contributed by atoms with Crippen molar-refractivity contribution in [1.82, 2.24) is 0 Å². The van der Waals surface area contributed by atoms with E-state index in [0.29, 0.717) is 6.61 Å². The summed E-state index contributed by atoms with van der Waals surface area (Å²) in [6.07, 6.45) is 0.0464. The molecule has 0 aliphatic carbocycles. The Morgan fingerprint density at radius 2 is 1.95 bits per heavy atom. The molecule has 1 heterocycles. The van der Waals surface area contributed by atoms with Crippen LogP contribution in [-0.4, -0.2) is 11.7 Å². The largest absolute Gasteiger partial charge is 0.385 e. The Bertz CT molecular complexity index is 619. The number of aryl methyl sites for hydroxylation is 2. The van der Waals surface area contributed by atoms with Crippen molar-refractivity contribution in [3.63, 3.8) is 0 Å². The van der Waals surface area contributed by atoms with E-state index in [4.69, 9.17) is 4.74 Å². The summed E-state index contributed by atoms with van der Waals surface area (Å²) in [7, 11) is 0. The molecule has 1 N–H and O–H groups in total. The van der Waals surface area contributed by atoms with E-state index in [-0.39, 0.29) is 6.10 Å². The molecular formula is C18H20O2. The summed E-state index contributed by atoms with van der Waals surface area (Å²) in [6, 6.07) is 14.4. The molecule has 0 spiro atoms. The minimum Gasteiger partial charge on any atom is -0.385 e. The molecule has 20 heavy (non-hydrogen) atoms. The van der Waals surface area contributed by atoms with E-state index in [9.17, 15) is 5.11 Å². The second kappa shape index (κ2) is 5.39. The highest BCUT2D eigenvalue weighted by Gasteiger charge is 2.29. The van der Waals surface area contributed by atoms with Gasteiger partial charge in [-0.15, -0.1) is 0 Å². The maximum Gasteiger partial charge on any atom is 0.113 e. The van der Waals surface area contributed by atoms with E-state index in [1.54, 1.807) is 0 Å². The number of fused-ring (bicyclic) bond motifs is 1. The third kappa shape index (κ3) is 2.37. The Morgan fingerprint density at radius 1 is 1.15 bits per heavy atom. The predicted octanol–water partition coefficient (Wildman–Crippen LogP) is 3.65. The first kappa shape index (κ1) is 13.3. The molecular weight excluding hydrogens is 248 g/mol. The maximum absolute atomic E-state index is 10.7. The first-order valence-corrected chi connectivity index (χ1v) is 7.11. The van der Waals surface area contributed by atoms with Crippen molar-refractivity contribution >= 4 is 0 Å². The summed E-state index contributed by atoms with van der Waals surface area (Å²) in [4.78, 5) is 0. The van der Waals surface area contributed by atoms with Gasteiger partial charge in [0.25, 0.3) is 0 Å². The van der Waals surface area contributed by atoms with Crippen molar-refractivity contribution in [2.24, 2.45) is 0 Å². The SMILES string of the molecule is Cc1ccc(C(O)C2OCCc3ccccc32)c(C)c1. The molecule has 2 aromatic carbocycles. The number of ether oxygens (including phenoxy) is 1. The molecule has 104 valence electrons. The van der Waals surface area contributed by atoms with Gasteiger partial charge in [-0.3, -0.25) is 0 Å². The van der Waals surface area contributed by atoms with E-state index < -0.39 is 6.10 Å². The molecule has 1 aliphatic heterocycles. The Kier molecular flexibility index (Phi) is 3.60. The molecule has 2 aromatic rings. The summed E-state index contributed by atoms with van der Waals surface area (Å²) in [5, 5.41) is 10.7. The van der Waals surface area contributed by atoms with Gasteiger partial charge in [-0.1, -0.05) is 48.0 Å². The van der Waals surface area contributed by atoms with Gasteiger partial charge in [0.2, 0.25) is 0 Å². The average Bonchev–Trinajstić information content (AvgIpc) is 2.46. The summed E-state index contributed by atoms with van der Waals surface area (Å²) in [5.41, 5.74) is 5.68. The normalized spacial score (nSPS) is 19.4. The monoisotopic (exact) mass is 268 g/mol. The van der Waals surface area contributed by atoms with Gasteiger partial charge in [0.1, 0.15) is 12.2 Å². The Labute approximate surface area is 120 Å². The van der Waals surface area contributed by atoms with E-state index in [0.717, 1.165) is 23.1 Å². The zero-order chi connectivity index (χ0) is 14.1. The molecule has 0 fully saturated rings. The number of aliphatic hydroxyl groups excluding tert-OH is 1. The predicted molar refractivity (Wildman–Crippen MR) is 79.7 cm³/mol. The number of aliphatic hydroxyl groups is 1. The minimum absolute atomic E-state index is 0.263. The van der Waals surface area contributed by atoms with Gasteiger partial charge in [0, 0.05) is 0 Å². The molecule has 2 heteroatoms. The van der Waals surface area contributed by atoms with Gasteiger partial charge in [-0.2, -0.15) is 0 Å². The van der Waals surface area contributed by atoms with Crippen LogP contribution in [-0.2, 0) is 11.2 Å². The molecule has 3 rings (SSSR count). The maximum atomic E-state index is 10.7. The quantitative estimate of drug-likeness (QED) is 0.901. The molecule has 0 radical (unpaired) electrons. The van der Waals surface area contributed by atoms with E-state index in [1.807, 2.05) is 31.2 Å². The highest BCUT2D eigenvalue weighted by atomic mass is 16.5. The zero-order valence-electron chi connectivity index (χ0n) is 12.0. The smallest absolute Gasteiger partial charge is 0.113 e. The fraction of sp³-hybridized carbons (Fsp3) is 0.333. The average molecular weight is 268 g/mol. The van der Waals surface area contributed by atoms with Crippen LogP contribution in [0.15, 0.2) is 42.5 Å². The van der Waals surface area contributed by atoms with E-state index in [2.05, 4.69) is 25.1 Å². The van der Waals surface area contributed by atoms with Gasteiger partial charge >= 0.3 is 0 Å². The van der Waals surface area contributed by atoms with Crippen molar-refractivity contribution in [2.75, 3.05) is 6.61 Å². The summed E-state index contributed by atoms with van der Waals surface area (Å²) in [5.74, 6) is 0. The van der Waals surface area contributed by atoms with Crippen LogP contribution in [0.25, 0.3) is 0 Å². The van der Waals surface area contributed by atoms with Crippen LogP contribution in [0.1, 0.15) is 40.0 Å². The zero-order valence-corrected chi connectivity index (χ0v) is 12.0. The molecule has 0 amide bonds. The molecule has 0 aromatic heterocycles. The lowest BCUT2D eigenvalue weighted by Crippen LogP contribution is -2.22. The first-order valence-electron chi connectivity index (χ1n) is 7.11. The Hall–Kier alpha value is -1.64. The van der Waals surface area contributed by atoms with Crippen molar-refractivity contribution in [3.05, 3.63) is 70.3 Å². The van der Waals surface area contributed by atoms with Crippen LogP contribution in [0.5, 0.6) is 0 Å². The fourth-order valence-electron chi connectivity index (χ4n) is 3.01. The number of hydrogen-bond donors (Lipinski definition) is 1. The highest BCUT2D eigenvalue weighted by Crippen LogP contribution is 2.37. The van der Waals surface area contributed by atoms with Crippen molar-refractivity contribution in [3.8, 4) is 0 Å². The van der Waals surface area contributed by atoms with Crippen LogP contribution in [0.3, 0.4) is 0 Å². The third-order valence-corrected chi connectivity index (χ3v) is 4.06. The number of benzene rings is 2. The minimum atomic E-state index is -0.614. The molecule has 1 aliphatic rings. The molecule has 0 saturated heterocycles. The summed E-state index contributed by atoms with van der Waals surface area (Å²) >= 11 is 0. The van der Waals surface area contributed by atoms with Crippen LogP contribution in [0.2, 0.25) is 0 Å². The van der Waals surface area contributed by atoms with E-state index >= 15 is 0 Å². The summed E-state index contributed by atoms with van der Waals surface area (Å²) < 4.78 is 5.86. The van der Waals surface area contributed by atoms with Gasteiger partial charge < -0.3 is 9.84 Å². The standard InChI is InChI=1S/C18H20O2/c1-12-7-8-15(13(2)11-12)17(19)18-16-6-4-3-5-14(16)9-10-20-18/h3-8,11,17-19H,9-10H2,1-2H3. The van der Waals surface area contributed by atoms with Crippen LogP contribution in [0.4, 0.5) is 0 Å². The number of rotatable bonds is 2. The molecule has 2 unspecified atom stereocenters. The summed E-state index contributed by atoms with van der Waals surface area (Å²) in [6.45, 7) is 4.78. The second-order valence-electron chi connectivity index (χ2n) is 5.55. The van der Waals surface area contributed by atoms with Gasteiger partial charge in [-0.25, -0.2) is 0 Å². The van der Waals surface area contributed by atoms with Crippen LogP contribution >= 0.6 is 0 Å². The fourth-order valence-corrected chi connectivity index (χ4v) is 3.01. The topological polar surface area (TPSA) is 29.5 Å². The molecule has 2 atom stereocenters. The van der Waals surface area contributed by atoms with E-state index in [1.165, 1.54) is 11.1 Å². The van der Waals surface area contributed by atoms with Gasteiger partial charge in [0.15, 0.2) is 0 Å². The van der Waals surface area contributed by atoms with Gasteiger partial charge in [0.05, 0.1) is 6.61 Å². The second-order valence-corrected chi connectivity index (χ2v) is 5.55. The molecule has 0 saturated carbocycles. The van der Waals surface area contributed by atoms with Crippen molar-refractivity contribution < 1.29 is 9.84 Å².